The number of likely N-dealkylation sites (N-methyl/N-ethyl adjacent to an activating group) is 1. The highest BCUT2D eigenvalue weighted by atomic mass is 79.9. The summed E-state index contributed by atoms with van der Waals surface area (Å²) < 4.78 is 2.09. The zero-order valence-electron chi connectivity index (χ0n) is 20.9. The number of fused-ring (bicyclic) bond motifs is 1. The number of pyridine rings is 1. The van der Waals surface area contributed by atoms with Crippen LogP contribution in [0.4, 0.5) is 5.82 Å². The number of Topliss-reactive ketones (excluding diaryl/α,β-unsaturated/α-hetero) is 1. The fourth-order valence-electron chi connectivity index (χ4n) is 4.02. The lowest BCUT2D eigenvalue weighted by Crippen LogP contribution is -2.46. The van der Waals surface area contributed by atoms with E-state index in [-0.39, 0.29) is 29.8 Å². The second-order valence-electron chi connectivity index (χ2n) is 8.58. The van der Waals surface area contributed by atoms with Gasteiger partial charge in [-0.15, -0.1) is 0 Å². The number of halogens is 1. The lowest BCUT2D eigenvalue weighted by molar-refractivity contribution is -0.137. The standard InChI is InChI=1S/C26H26BrN7O3/c1-5-20(26(37)31-23-8-6-7-22(27)30-23)33(4)24(36)14-34-21-10-9-17(18-12-28-16(3)29-13-18)11-19(21)25(32-34)15(2)35/h6-13,20H,5,14H2,1-4H3,(H,30,31,37). The van der Waals surface area contributed by atoms with Crippen LogP contribution in [-0.2, 0) is 16.1 Å². The number of nitrogens with zero attached hydrogens (tertiary/aromatic N) is 6. The number of hydrogen-bond donors (Lipinski definition) is 1. The highest BCUT2D eigenvalue weighted by Crippen LogP contribution is 2.27. The number of nitrogens with one attached hydrogen (secondary N) is 1. The number of carbonyl (C=O) groups is 3. The van der Waals surface area contributed by atoms with Gasteiger partial charge in [0.25, 0.3) is 0 Å². The van der Waals surface area contributed by atoms with Crippen molar-refractivity contribution in [3.05, 3.63) is 64.9 Å². The molecule has 190 valence electrons. The highest BCUT2D eigenvalue weighted by molar-refractivity contribution is 9.10. The normalized spacial score (nSPS) is 11.8. The zero-order chi connectivity index (χ0) is 26.7. The smallest absolute Gasteiger partial charge is 0.248 e. The molecule has 1 atom stereocenters. The minimum atomic E-state index is -0.712. The molecule has 0 radical (unpaired) electrons. The van der Waals surface area contributed by atoms with Crippen molar-refractivity contribution in [1.29, 1.82) is 0 Å². The summed E-state index contributed by atoms with van der Waals surface area (Å²) in [5, 5.41) is 7.83. The van der Waals surface area contributed by atoms with Crippen LogP contribution in [-0.4, -0.2) is 60.3 Å². The monoisotopic (exact) mass is 563 g/mol. The van der Waals surface area contributed by atoms with Gasteiger partial charge in [0.05, 0.1) is 5.52 Å². The predicted molar refractivity (Wildman–Crippen MR) is 143 cm³/mol. The molecule has 0 bridgehead atoms. The van der Waals surface area contributed by atoms with Gasteiger partial charge in [0.1, 0.15) is 34.5 Å². The van der Waals surface area contributed by atoms with Gasteiger partial charge in [-0.1, -0.05) is 19.1 Å². The number of rotatable bonds is 8. The maximum absolute atomic E-state index is 13.2. The van der Waals surface area contributed by atoms with Crippen molar-refractivity contribution in [2.75, 3.05) is 12.4 Å². The molecule has 0 aliphatic heterocycles. The highest BCUT2D eigenvalue weighted by Gasteiger charge is 2.27. The molecule has 4 aromatic rings. The molecule has 0 spiro atoms. The fourth-order valence-corrected chi connectivity index (χ4v) is 4.36. The minimum Gasteiger partial charge on any atom is -0.332 e. The molecule has 10 nitrogen and oxygen atoms in total. The molecule has 0 aliphatic rings. The number of aryl methyl sites for hydroxylation is 1. The van der Waals surface area contributed by atoms with E-state index in [9.17, 15) is 14.4 Å². The summed E-state index contributed by atoms with van der Waals surface area (Å²) >= 11 is 3.28. The molecule has 4 rings (SSSR count). The van der Waals surface area contributed by atoms with E-state index in [2.05, 4.69) is 41.3 Å². The molecule has 0 saturated heterocycles. The third-order valence-electron chi connectivity index (χ3n) is 6.00. The van der Waals surface area contributed by atoms with Crippen LogP contribution in [0, 0.1) is 6.92 Å². The summed E-state index contributed by atoms with van der Waals surface area (Å²) in [5.74, 6) is 0.173. The lowest BCUT2D eigenvalue weighted by Gasteiger charge is -2.26. The number of hydrogen-bond acceptors (Lipinski definition) is 7. The molecular formula is C26H26BrN7O3. The van der Waals surface area contributed by atoms with Gasteiger partial charge in [0, 0.05) is 37.3 Å². The van der Waals surface area contributed by atoms with Gasteiger partial charge in [-0.3, -0.25) is 19.1 Å². The summed E-state index contributed by atoms with van der Waals surface area (Å²) in [4.78, 5) is 52.6. The number of benzene rings is 1. The van der Waals surface area contributed by atoms with Crippen molar-refractivity contribution in [3.8, 4) is 11.1 Å². The van der Waals surface area contributed by atoms with Crippen LogP contribution < -0.4 is 5.32 Å². The van der Waals surface area contributed by atoms with Gasteiger partial charge >= 0.3 is 0 Å². The van der Waals surface area contributed by atoms with Gasteiger partial charge in [-0.2, -0.15) is 5.10 Å². The molecule has 37 heavy (non-hydrogen) atoms. The molecule has 1 N–H and O–H groups in total. The Hall–Kier alpha value is -3.99. The summed E-state index contributed by atoms with van der Waals surface area (Å²) in [6.07, 6.45) is 3.85. The van der Waals surface area contributed by atoms with Crippen molar-refractivity contribution in [2.45, 2.75) is 39.8 Å². The van der Waals surface area contributed by atoms with E-state index >= 15 is 0 Å². The number of aromatic nitrogens is 5. The van der Waals surface area contributed by atoms with Crippen molar-refractivity contribution in [3.63, 3.8) is 0 Å². The van der Waals surface area contributed by atoms with Crippen LogP contribution in [0.25, 0.3) is 22.0 Å². The average Bonchev–Trinajstić information content (AvgIpc) is 3.22. The van der Waals surface area contributed by atoms with Crippen LogP contribution in [0.15, 0.2) is 53.4 Å². The third-order valence-corrected chi connectivity index (χ3v) is 6.44. The predicted octanol–water partition coefficient (Wildman–Crippen LogP) is 4.04. The SMILES string of the molecule is CCC(C(=O)Nc1cccc(Br)n1)N(C)C(=O)Cn1nc(C(C)=O)c2cc(-c3cnc(C)nc3)ccc21. The van der Waals surface area contributed by atoms with Gasteiger partial charge in [-0.25, -0.2) is 15.0 Å². The zero-order valence-corrected chi connectivity index (χ0v) is 22.5. The first kappa shape index (κ1) is 26.1. The van der Waals surface area contributed by atoms with Crippen LogP contribution in [0.5, 0.6) is 0 Å². The molecule has 0 fully saturated rings. The van der Waals surface area contributed by atoms with E-state index in [1.807, 2.05) is 32.0 Å². The van der Waals surface area contributed by atoms with E-state index in [4.69, 9.17) is 0 Å². The topological polar surface area (TPSA) is 123 Å². The Morgan fingerprint density at radius 2 is 1.84 bits per heavy atom. The summed E-state index contributed by atoms with van der Waals surface area (Å²) in [7, 11) is 1.58. The van der Waals surface area contributed by atoms with E-state index in [1.54, 1.807) is 37.6 Å². The van der Waals surface area contributed by atoms with Gasteiger partial charge in [0.15, 0.2) is 5.78 Å². The Morgan fingerprint density at radius 1 is 1.11 bits per heavy atom. The second-order valence-corrected chi connectivity index (χ2v) is 9.39. The second kappa shape index (κ2) is 11.0. The Labute approximate surface area is 222 Å². The lowest BCUT2D eigenvalue weighted by atomic mass is 10.0. The molecule has 3 aromatic heterocycles. The maximum Gasteiger partial charge on any atom is 0.248 e. The molecule has 0 aliphatic carbocycles. The quantitative estimate of drug-likeness (QED) is 0.253. The first-order valence-electron chi connectivity index (χ1n) is 11.7. The summed E-state index contributed by atoms with van der Waals surface area (Å²) in [5.41, 5.74) is 2.55. The largest absolute Gasteiger partial charge is 0.332 e. The molecule has 1 unspecified atom stereocenters. The van der Waals surface area contributed by atoms with Gasteiger partial charge in [-0.05, 0) is 59.1 Å². The minimum absolute atomic E-state index is 0.133. The van der Waals surface area contributed by atoms with E-state index in [1.165, 1.54) is 16.5 Å². The first-order valence-corrected chi connectivity index (χ1v) is 12.5. The molecule has 3 heterocycles. The fraction of sp³-hybridized carbons (Fsp3) is 0.269. The van der Waals surface area contributed by atoms with E-state index < -0.39 is 6.04 Å². The molecule has 0 saturated carbocycles. The van der Waals surface area contributed by atoms with Gasteiger partial charge in [0.2, 0.25) is 11.8 Å². The van der Waals surface area contributed by atoms with E-state index in [0.717, 1.165) is 11.1 Å². The van der Waals surface area contributed by atoms with Crippen molar-refractivity contribution in [1.82, 2.24) is 29.6 Å². The number of anilines is 1. The van der Waals surface area contributed by atoms with Crippen molar-refractivity contribution < 1.29 is 14.4 Å². The number of carbonyl (C=O) groups excluding carboxylic acids is 3. The molecule has 11 heteroatoms. The molecular weight excluding hydrogens is 538 g/mol. The third kappa shape index (κ3) is 5.72. The van der Waals surface area contributed by atoms with Crippen molar-refractivity contribution >= 4 is 50.2 Å². The van der Waals surface area contributed by atoms with Crippen LogP contribution >= 0.6 is 15.9 Å². The van der Waals surface area contributed by atoms with Crippen molar-refractivity contribution in [2.24, 2.45) is 0 Å². The van der Waals surface area contributed by atoms with Crippen LogP contribution in [0.3, 0.4) is 0 Å². The molecule has 2 amide bonds. The first-order chi connectivity index (χ1) is 17.7. The summed E-state index contributed by atoms with van der Waals surface area (Å²) in [6.45, 7) is 4.94. The Balaban J connectivity index is 1.58. The Morgan fingerprint density at radius 3 is 2.49 bits per heavy atom. The number of amides is 2. The van der Waals surface area contributed by atoms with E-state index in [0.29, 0.717) is 33.6 Å². The summed E-state index contributed by atoms with van der Waals surface area (Å²) in [6, 6.07) is 10.0. The molecule has 1 aromatic carbocycles. The Kier molecular flexibility index (Phi) is 7.72. The van der Waals surface area contributed by atoms with Gasteiger partial charge < -0.3 is 10.2 Å². The van der Waals surface area contributed by atoms with Crippen LogP contribution in [0.2, 0.25) is 0 Å². The average molecular weight is 564 g/mol. The Bertz CT molecular complexity index is 1480. The van der Waals surface area contributed by atoms with Crippen LogP contribution in [0.1, 0.15) is 36.6 Å². The maximum atomic E-state index is 13.2. The number of ketones is 1.